The molecule has 1 amide bonds. The van der Waals surface area contributed by atoms with E-state index in [1.165, 1.54) is 0 Å². The number of aryl methyl sites for hydroxylation is 2. The summed E-state index contributed by atoms with van der Waals surface area (Å²) in [5.74, 6) is 1.13. The van der Waals surface area contributed by atoms with E-state index < -0.39 is 16.9 Å². The lowest BCUT2D eigenvalue weighted by atomic mass is 9.84. The summed E-state index contributed by atoms with van der Waals surface area (Å²) in [7, 11) is 0. The lowest BCUT2D eigenvalue weighted by molar-refractivity contribution is 0.0997. The van der Waals surface area contributed by atoms with Gasteiger partial charge in [-0.15, -0.1) is 0 Å². The van der Waals surface area contributed by atoms with E-state index in [-0.39, 0.29) is 35.8 Å². The molecule has 0 spiro atoms. The Morgan fingerprint density at radius 3 is 2.38 bits per heavy atom. The number of hydrogen-bond acceptors (Lipinski definition) is 7. The minimum Gasteiger partial charge on any atom is -0.464 e. The van der Waals surface area contributed by atoms with Crippen LogP contribution in [0.15, 0.2) is 56.5 Å². The fourth-order valence-corrected chi connectivity index (χ4v) is 5.20. The predicted molar refractivity (Wildman–Crippen MR) is 153 cm³/mol. The van der Waals surface area contributed by atoms with E-state index in [0.717, 1.165) is 11.3 Å². The van der Waals surface area contributed by atoms with Crippen molar-refractivity contribution in [2.24, 2.45) is 5.41 Å². The molecule has 5 rings (SSSR count). The molecule has 3 N–H and O–H groups in total. The summed E-state index contributed by atoms with van der Waals surface area (Å²) >= 11 is 6.49. The molecule has 39 heavy (non-hydrogen) atoms. The maximum atomic E-state index is 13.6. The van der Waals surface area contributed by atoms with Crippen molar-refractivity contribution in [3.05, 3.63) is 102 Å². The molecule has 0 aliphatic carbocycles. The largest absolute Gasteiger partial charge is 0.464 e. The summed E-state index contributed by atoms with van der Waals surface area (Å²) in [6.07, 6.45) is 0. The lowest BCUT2D eigenvalue weighted by Gasteiger charge is -2.31. The average molecular weight is 548 g/mol. The molecule has 1 aliphatic rings. The molecule has 0 bridgehead atoms. The van der Waals surface area contributed by atoms with Gasteiger partial charge in [0.1, 0.15) is 22.9 Å². The first kappa shape index (κ1) is 26.7. The summed E-state index contributed by atoms with van der Waals surface area (Å²) < 4.78 is 5.96. The van der Waals surface area contributed by atoms with E-state index in [1.54, 1.807) is 41.3 Å². The van der Waals surface area contributed by atoms with Crippen molar-refractivity contribution in [1.82, 2.24) is 0 Å². The fraction of sp³-hybridized carbons (Fsp3) is 0.300. The highest BCUT2D eigenvalue weighted by Gasteiger charge is 2.36. The van der Waals surface area contributed by atoms with Crippen LogP contribution < -0.4 is 26.4 Å². The van der Waals surface area contributed by atoms with Gasteiger partial charge in [0.2, 0.25) is 0 Å². The smallest absolute Gasteiger partial charge is 0.261 e. The van der Waals surface area contributed by atoms with Crippen LogP contribution in [0.5, 0.6) is 0 Å². The Balaban J connectivity index is 1.51. The standard InChI is InChI=1S/C30H30ClN3O5/c1-15-12-22(39-16(15)2)28(30(3,4)5)33-25-24(26(36)27(25)37)32-20-11-10-19(31)18-13-34(29(38)23(18)20)21-9-7-6-8-17(21)14-35/h6-12,28,32-33,35H,13-14H2,1-5H3/t28-/m0/s1. The molecule has 3 aromatic carbocycles. The highest BCUT2D eigenvalue weighted by Crippen LogP contribution is 2.41. The predicted octanol–water partition coefficient (Wildman–Crippen LogP) is 5.74. The number of furan rings is 1. The van der Waals surface area contributed by atoms with Crippen LogP contribution in [0.4, 0.5) is 22.7 Å². The van der Waals surface area contributed by atoms with Crippen LogP contribution in [0.1, 0.15) is 65.4 Å². The van der Waals surface area contributed by atoms with Crippen LogP contribution in [-0.4, -0.2) is 11.0 Å². The fourth-order valence-electron chi connectivity index (χ4n) is 4.98. The summed E-state index contributed by atoms with van der Waals surface area (Å²) in [6.45, 7) is 9.85. The van der Waals surface area contributed by atoms with Crippen LogP contribution in [-0.2, 0) is 13.2 Å². The average Bonchev–Trinajstić information content (AvgIpc) is 3.42. The van der Waals surface area contributed by atoms with Gasteiger partial charge in [0.05, 0.1) is 30.4 Å². The zero-order chi connectivity index (χ0) is 28.2. The first-order chi connectivity index (χ1) is 18.4. The maximum Gasteiger partial charge on any atom is 0.261 e. The molecule has 0 unspecified atom stereocenters. The molecule has 0 fully saturated rings. The number of halogens is 1. The van der Waals surface area contributed by atoms with Crippen molar-refractivity contribution in [2.75, 3.05) is 15.5 Å². The Kier molecular flexibility index (Phi) is 6.64. The number of aliphatic hydroxyl groups is 1. The van der Waals surface area contributed by atoms with E-state index in [0.29, 0.717) is 38.8 Å². The first-order valence-electron chi connectivity index (χ1n) is 12.7. The van der Waals surface area contributed by atoms with Crippen molar-refractivity contribution < 1.29 is 14.3 Å². The Hall–Kier alpha value is -3.88. The van der Waals surface area contributed by atoms with E-state index in [9.17, 15) is 19.5 Å². The molecule has 1 aliphatic heterocycles. The third-order valence-corrected chi connectivity index (χ3v) is 7.63. The normalized spacial score (nSPS) is 14.1. The second-order valence-electron chi connectivity index (χ2n) is 11.0. The highest BCUT2D eigenvalue weighted by atomic mass is 35.5. The number of para-hydroxylation sites is 1. The number of nitrogens with one attached hydrogen (secondary N) is 2. The Labute approximate surface area is 230 Å². The summed E-state index contributed by atoms with van der Waals surface area (Å²) in [4.78, 5) is 40.6. The first-order valence-corrected chi connectivity index (χ1v) is 13.1. The topological polar surface area (TPSA) is 112 Å². The number of amides is 1. The van der Waals surface area contributed by atoms with Crippen molar-refractivity contribution in [3.8, 4) is 0 Å². The summed E-state index contributed by atoms with van der Waals surface area (Å²) in [5.41, 5.74) is 2.03. The van der Waals surface area contributed by atoms with E-state index in [4.69, 9.17) is 16.0 Å². The minimum atomic E-state index is -0.673. The van der Waals surface area contributed by atoms with Gasteiger partial charge in [0, 0.05) is 21.8 Å². The van der Waals surface area contributed by atoms with E-state index in [2.05, 4.69) is 10.6 Å². The van der Waals surface area contributed by atoms with Gasteiger partial charge in [-0.05, 0) is 49.1 Å². The van der Waals surface area contributed by atoms with Crippen LogP contribution >= 0.6 is 11.6 Å². The lowest BCUT2D eigenvalue weighted by Crippen LogP contribution is -2.39. The van der Waals surface area contributed by atoms with Gasteiger partial charge in [-0.2, -0.15) is 0 Å². The SMILES string of the molecule is Cc1cc([C@H](Nc2c(Nc3ccc(Cl)c4c3C(=O)N(c3ccccc3CO)C4)c(=O)c2=O)C(C)(C)C)oc1C. The number of aliphatic hydroxyl groups excluding tert-OH is 1. The third-order valence-electron chi connectivity index (χ3n) is 7.28. The minimum absolute atomic E-state index is 0.0841. The van der Waals surface area contributed by atoms with Gasteiger partial charge in [0.25, 0.3) is 16.8 Å². The second-order valence-corrected chi connectivity index (χ2v) is 11.4. The number of carbonyl (C=O) groups excluding carboxylic acids is 1. The maximum absolute atomic E-state index is 13.6. The molecule has 1 atom stereocenters. The van der Waals surface area contributed by atoms with Crippen LogP contribution in [0.3, 0.4) is 0 Å². The molecule has 0 saturated heterocycles. The Bertz CT molecular complexity index is 1650. The highest BCUT2D eigenvalue weighted by molar-refractivity contribution is 6.33. The van der Waals surface area contributed by atoms with Gasteiger partial charge >= 0.3 is 0 Å². The molecule has 0 saturated carbocycles. The van der Waals surface area contributed by atoms with Gasteiger partial charge < -0.3 is 25.1 Å². The number of carbonyl (C=O) groups is 1. The molecule has 202 valence electrons. The molecule has 4 aromatic rings. The monoisotopic (exact) mass is 547 g/mol. The molecule has 0 radical (unpaired) electrons. The van der Waals surface area contributed by atoms with Gasteiger partial charge in [-0.3, -0.25) is 14.4 Å². The van der Waals surface area contributed by atoms with E-state index >= 15 is 0 Å². The van der Waals surface area contributed by atoms with Gasteiger partial charge in [-0.1, -0.05) is 50.6 Å². The summed E-state index contributed by atoms with van der Waals surface area (Å²) in [6, 6.07) is 11.9. The van der Waals surface area contributed by atoms with Crippen molar-refractivity contribution in [2.45, 2.75) is 53.8 Å². The Morgan fingerprint density at radius 2 is 1.74 bits per heavy atom. The number of anilines is 4. The third kappa shape index (κ3) is 4.53. The van der Waals surface area contributed by atoms with Crippen molar-refractivity contribution >= 4 is 40.3 Å². The molecular weight excluding hydrogens is 518 g/mol. The van der Waals surface area contributed by atoms with Crippen molar-refractivity contribution in [1.29, 1.82) is 0 Å². The summed E-state index contributed by atoms with van der Waals surface area (Å²) in [5, 5.41) is 16.5. The quantitative estimate of drug-likeness (QED) is 0.253. The molecule has 9 heteroatoms. The zero-order valence-corrected chi connectivity index (χ0v) is 23.2. The van der Waals surface area contributed by atoms with Crippen LogP contribution in [0.25, 0.3) is 0 Å². The van der Waals surface area contributed by atoms with Gasteiger partial charge in [0.15, 0.2) is 0 Å². The Morgan fingerprint density at radius 1 is 1.05 bits per heavy atom. The molecule has 2 heterocycles. The second kappa shape index (κ2) is 9.70. The van der Waals surface area contributed by atoms with Crippen LogP contribution in [0.2, 0.25) is 5.02 Å². The molecule has 1 aromatic heterocycles. The van der Waals surface area contributed by atoms with Crippen molar-refractivity contribution in [3.63, 3.8) is 0 Å². The number of rotatable bonds is 7. The number of benzene rings is 2. The van der Waals surface area contributed by atoms with Gasteiger partial charge in [-0.25, -0.2) is 0 Å². The van der Waals surface area contributed by atoms with Crippen LogP contribution in [0, 0.1) is 19.3 Å². The zero-order valence-electron chi connectivity index (χ0n) is 22.4. The van der Waals surface area contributed by atoms with E-state index in [1.807, 2.05) is 40.7 Å². The molecule has 8 nitrogen and oxygen atoms in total. The number of hydrogen-bond donors (Lipinski definition) is 3. The molecular formula is C30H30ClN3O5. The number of fused-ring (bicyclic) bond motifs is 1. The number of nitrogens with zero attached hydrogens (tertiary/aromatic N) is 1.